The van der Waals surface area contributed by atoms with Gasteiger partial charge in [-0.15, -0.1) is 0 Å². The van der Waals surface area contributed by atoms with Crippen molar-refractivity contribution in [2.75, 3.05) is 13.1 Å². The lowest BCUT2D eigenvalue weighted by atomic mass is 9.96. The number of carbonyl (C=O) groups is 1. The number of hydrogen-bond acceptors (Lipinski definition) is 5. The van der Waals surface area contributed by atoms with Crippen LogP contribution in [0, 0.1) is 6.92 Å². The van der Waals surface area contributed by atoms with Crippen LogP contribution in [0.25, 0.3) is 0 Å². The van der Waals surface area contributed by atoms with Gasteiger partial charge in [0.1, 0.15) is 0 Å². The summed E-state index contributed by atoms with van der Waals surface area (Å²) in [6.45, 7) is 3.18. The largest absolute Gasteiger partial charge is 0.459 e. The first kappa shape index (κ1) is 12.0. The average molecular weight is 261 g/mol. The second kappa shape index (κ2) is 4.87. The van der Waals surface area contributed by atoms with E-state index in [9.17, 15) is 4.79 Å². The first-order valence-electron chi connectivity index (χ1n) is 6.37. The number of hydrogen-bond donors (Lipinski definition) is 0. The van der Waals surface area contributed by atoms with Gasteiger partial charge in [0.25, 0.3) is 5.91 Å². The Morgan fingerprint density at radius 3 is 2.79 bits per heavy atom. The highest BCUT2D eigenvalue weighted by Crippen LogP contribution is 2.27. The molecule has 6 heteroatoms. The summed E-state index contributed by atoms with van der Waals surface area (Å²) in [5.74, 6) is 1.94. The maximum Gasteiger partial charge on any atom is 0.289 e. The fourth-order valence-corrected chi connectivity index (χ4v) is 2.36. The van der Waals surface area contributed by atoms with Crippen molar-refractivity contribution in [3.8, 4) is 0 Å². The molecule has 1 saturated heterocycles. The van der Waals surface area contributed by atoms with Crippen molar-refractivity contribution in [3.05, 3.63) is 35.9 Å². The van der Waals surface area contributed by atoms with Crippen molar-refractivity contribution in [1.82, 2.24) is 15.0 Å². The molecule has 19 heavy (non-hydrogen) atoms. The third-order valence-electron chi connectivity index (χ3n) is 3.41. The first-order valence-corrected chi connectivity index (χ1v) is 6.37. The zero-order valence-corrected chi connectivity index (χ0v) is 10.7. The molecular formula is C13H15N3O3. The summed E-state index contributed by atoms with van der Waals surface area (Å²) in [5.41, 5.74) is 0. The van der Waals surface area contributed by atoms with E-state index in [1.807, 2.05) is 6.92 Å². The maximum absolute atomic E-state index is 12.1. The van der Waals surface area contributed by atoms with E-state index < -0.39 is 0 Å². The molecule has 100 valence electrons. The third-order valence-corrected chi connectivity index (χ3v) is 3.41. The van der Waals surface area contributed by atoms with Crippen molar-refractivity contribution in [2.45, 2.75) is 25.7 Å². The number of aromatic nitrogens is 2. The monoisotopic (exact) mass is 261 g/mol. The Hall–Kier alpha value is -2.11. The molecule has 0 atom stereocenters. The molecule has 0 saturated carbocycles. The van der Waals surface area contributed by atoms with E-state index in [0.29, 0.717) is 30.6 Å². The summed E-state index contributed by atoms with van der Waals surface area (Å²) < 4.78 is 10.3. The highest BCUT2D eigenvalue weighted by Gasteiger charge is 2.28. The van der Waals surface area contributed by atoms with Crippen LogP contribution in [0.4, 0.5) is 0 Å². The van der Waals surface area contributed by atoms with Gasteiger partial charge in [0.05, 0.1) is 6.26 Å². The number of piperidine rings is 1. The highest BCUT2D eigenvalue weighted by molar-refractivity contribution is 5.91. The minimum Gasteiger partial charge on any atom is -0.459 e. The molecule has 1 aliphatic rings. The lowest BCUT2D eigenvalue weighted by Gasteiger charge is -2.29. The molecule has 0 aromatic carbocycles. The Labute approximate surface area is 110 Å². The molecule has 2 aromatic heterocycles. The molecule has 2 aromatic rings. The van der Waals surface area contributed by atoms with Crippen molar-refractivity contribution in [1.29, 1.82) is 0 Å². The number of amides is 1. The molecule has 1 amide bonds. The van der Waals surface area contributed by atoms with Crippen molar-refractivity contribution in [2.24, 2.45) is 0 Å². The van der Waals surface area contributed by atoms with E-state index in [1.165, 1.54) is 6.26 Å². The Morgan fingerprint density at radius 1 is 1.42 bits per heavy atom. The molecule has 1 fully saturated rings. The van der Waals surface area contributed by atoms with Gasteiger partial charge in [-0.25, -0.2) is 0 Å². The van der Waals surface area contributed by atoms with Gasteiger partial charge in [-0.3, -0.25) is 4.79 Å². The summed E-state index contributed by atoms with van der Waals surface area (Å²) in [6, 6.07) is 3.41. The predicted molar refractivity (Wildman–Crippen MR) is 65.6 cm³/mol. The van der Waals surface area contributed by atoms with E-state index in [1.54, 1.807) is 17.0 Å². The number of aryl methyl sites for hydroxylation is 1. The second-order valence-electron chi connectivity index (χ2n) is 4.72. The molecule has 0 spiro atoms. The number of carbonyl (C=O) groups excluding carboxylic acids is 1. The summed E-state index contributed by atoms with van der Waals surface area (Å²) in [6.07, 6.45) is 3.20. The van der Waals surface area contributed by atoms with Gasteiger partial charge in [-0.1, -0.05) is 5.16 Å². The van der Waals surface area contributed by atoms with E-state index in [-0.39, 0.29) is 11.8 Å². The van der Waals surface area contributed by atoms with Crippen LogP contribution < -0.4 is 0 Å². The van der Waals surface area contributed by atoms with E-state index in [0.717, 1.165) is 12.8 Å². The van der Waals surface area contributed by atoms with Gasteiger partial charge in [0.15, 0.2) is 11.6 Å². The summed E-state index contributed by atoms with van der Waals surface area (Å²) in [4.78, 5) is 18.1. The normalized spacial score (nSPS) is 16.8. The molecule has 0 unspecified atom stereocenters. The minimum absolute atomic E-state index is 0.0508. The number of furan rings is 1. The van der Waals surface area contributed by atoms with Gasteiger partial charge in [-0.05, 0) is 31.9 Å². The van der Waals surface area contributed by atoms with Crippen molar-refractivity contribution < 1.29 is 13.7 Å². The van der Waals surface area contributed by atoms with E-state index >= 15 is 0 Å². The van der Waals surface area contributed by atoms with Gasteiger partial charge in [0, 0.05) is 19.0 Å². The quantitative estimate of drug-likeness (QED) is 0.826. The Balaban J connectivity index is 1.62. The highest BCUT2D eigenvalue weighted by atomic mass is 16.5. The van der Waals surface area contributed by atoms with Crippen LogP contribution in [0.15, 0.2) is 27.3 Å². The molecule has 3 rings (SSSR count). The lowest BCUT2D eigenvalue weighted by molar-refractivity contribution is 0.0672. The Kier molecular flexibility index (Phi) is 3.06. The van der Waals surface area contributed by atoms with Crippen LogP contribution in [0.3, 0.4) is 0 Å². The number of nitrogens with zero attached hydrogens (tertiary/aromatic N) is 3. The minimum atomic E-state index is -0.0508. The maximum atomic E-state index is 12.1. The van der Waals surface area contributed by atoms with Gasteiger partial charge < -0.3 is 13.8 Å². The molecule has 0 radical (unpaired) electrons. The third kappa shape index (κ3) is 2.38. The van der Waals surface area contributed by atoms with Crippen LogP contribution in [-0.2, 0) is 0 Å². The van der Waals surface area contributed by atoms with Crippen LogP contribution >= 0.6 is 0 Å². The molecule has 6 nitrogen and oxygen atoms in total. The van der Waals surface area contributed by atoms with E-state index in [2.05, 4.69) is 10.1 Å². The average Bonchev–Trinajstić information content (AvgIpc) is 3.09. The standard InChI is InChI=1S/C13H15N3O3/c1-9-14-12(19-15-9)10-4-6-16(7-5-10)13(17)11-3-2-8-18-11/h2-3,8,10H,4-7H2,1H3. The van der Waals surface area contributed by atoms with Gasteiger partial charge in [0.2, 0.25) is 5.89 Å². The smallest absolute Gasteiger partial charge is 0.289 e. The lowest BCUT2D eigenvalue weighted by Crippen LogP contribution is -2.37. The number of rotatable bonds is 2. The van der Waals surface area contributed by atoms with Gasteiger partial charge in [-0.2, -0.15) is 4.98 Å². The molecular weight excluding hydrogens is 246 g/mol. The van der Waals surface area contributed by atoms with Crippen LogP contribution in [-0.4, -0.2) is 34.0 Å². The molecule has 0 N–H and O–H groups in total. The molecule has 0 aliphatic carbocycles. The fraction of sp³-hybridized carbons (Fsp3) is 0.462. The van der Waals surface area contributed by atoms with Gasteiger partial charge >= 0.3 is 0 Å². The number of likely N-dealkylation sites (tertiary alicyclic amines) is 1. The van der Waals surface area contributed by atoms with Crippen LogP contribution in [0.2, 0.25) is 0 Å². The van der Waals surface area contributed by atoms with Crippen LogP contribution in [0.5, 0.6) is 0 Å². The fourth-order valence-electron chi connectivity index (χ4n) is 2.36. The first-order chi connectivity index (χ1) is 9.24. The van der Waals surface area contributed by atoms with Crippen LogP contribution in [0.1, 0.15) is 41.0 Å². The topological polar surface area (TPSA) is 72.4 Å². The van der Waals surface area contributed by atoms with Crippen molar-refractivity contribution >= 4 is 5.91 Å². The second-order valence-corrected chi connectivity index (χ2v) is 4.72. The predicted octanol–water partition coefficient (Wildman–Crippen LogP) is 1.99. The molecule has 1 aliphatic heterocycles. The summed E-state index contributed by atoms with van der Waals surface area (Å²) in [7, 11) is 0. The Bertz CT molecular complexity index is 553. The SMILES string of the molecule is Cc1noc(C2CCN(C(=O)c3ccco3)CC2)n1. The zero-order valence-electron chi connectivity index (χ0n) is 10.7. The zero-order chi connectivity index (χ0) is 13.2. The molecule has 0 bridgehead atoms. The molecule has 3 heterocycles. The Morgan fingerprint density at radius 2 is 2.21 bits per heavy atom. The van der Waals surface area contributed by atoms with E-state index in [4.69, 9.17) is 8.94 Å². The summed E-state index contributed by atoms with van der Waals surface area (Å²) in [5, 5.41) is 3.80. The summed E-state index contributed by atoms with van der Waals surface area (Å²) >= 11 is 0. The van der Waals surface area contributed by atoms with Crippen molar-refractivity contribution in [3.63, 3.8) is 0 Å².